The number of nitrogens with zero attached hydrogens (tertiary/aromatic N) is 6. The minimum Gasteiger partial charge on any atom is -0.493 e. The van der Waals surface area contributed by atoms with E-state index < -0.39 is 5.82 Å². The molecule has 5 rings (SSSR count). The molecule has 0 aliphatic heterocycles. The molecule has 0 fully saturated rings. The average molecular weight is 495 g/mol. The van der Waals surface area contributed by atoms with Gasteiger partial charge in [-0.15, -0.1) is 6.42 Å². The number of terminal acetylenes is 1. The topological polar surface area (TPSA) is 87.8 Å². The maximum absolute atomic E-state index is 15.4. The molecule has 0 radical (unpaired) electrons. The smallest absolute Gasteiger partial charge is 0.322 e. The van der Waals surface area contributed by atoms with E-state index in [1.54, 1.807) is 37.7 Å². The number of ether oxygens (including phenoxy) is 2. The third-order valence-corrected chi connectivity index (χ3v) is 6.23. The minimum absolute atomic E-state index is 0.0157. The van der Waals surface area contributed by atoms with Crippen molar-refractivity contribution < 1.29 is 13.9 Å². The molecular weight excluding hydrogens is 471 g/mol. The molecule has 0 atom stereocenters. The Morgan fingerprint density at radius 2 is 1.86 bits per heavy atom. The van der Waals surface area contributed by atoms with E-state index in [4.69, 9.17) is 15.9 Å². The molecule has 37 heavy (non-hydrogen) atoms. The summed E-state index contributed by atoms with van der Waals surface area (Å²) in [5.41, 5.74) is 6.32. The lowest BCUT2D eigenvalue weighted by atomic mass is 9.96. The Labute approximate surface area is 213 Å². The van der Waals surface area contributed by atoms with Gasteiger partial charge in [-0.2, -0.15) is 0 Å². The second kappa shape index (κ2) is 9.32. The van der Waals surface area contributed by atoms with Crippen molar-refractivity contribution in [1.82, 2.24) is 29.5 Å². The summed E-state index contributed by atoms with van der Waals surface area (Å²) in [4.78, 5) is 21.6. The van der Waals surface area contributed by atoms with E-state index in [-0.39, 0.29) is 11.8 Å². The Hall–Kier alpha value is -4.84. The molecule has 0 bridgehead atoms. The Morgan fingerprint density at radius 1 is 1.05 bits per heavy atom. The number of benzene rings is 1. The number of aryl methyl sites for hydroxylation is 3. The number of methoxy groups -OCH3 is 1. The molecule has 4 heterocycles. The summed E-state index contributed by atoms with van der Waals surface area (Å²) in [5, 5.41) is 0.800. The molecule has 4 aromatic heterocycles. The van der Waals surface area contributed by atoms with Crippen molar-refractivity contribution in [1.29, 1.82) is 0 Å². The Morgan fingerprint density at radius 3 is 2.57 bits per heavy atom. The van der Waals surface area contributed by atoms with Gasteiger partial charge in [0.25, 0.3) is 0 Å². The van der Waals surface area contributed by atoms with E-state index in [2.05, 4.69) is 30.8 Å². The maximum atomic E-state index is 15.4. The Kier molecular flexibility index (Phi) is 6.01. The first-order valence-electron chi connectivity index (χ1n) is 11.4. The molecule has 1 aromatic carbocycles. The zero-order valence-electron chi connectivity index (χ0n) is 21.0. The third kappa shape index (κ3) is 4.02. The Bertz CT molecular complexity index is 1720. The van der Waals surface area contributed by atoms with Gasteiger partial charge in [0.15, 0.2) is 23.0 Å². The van der Waals surface area contributed by atoms with E-state index >= 15 is 4.39 Å². The summed E-state index contributed by atoms with van der Waals surface area (Å²) < 4.78 is 28.5. The zero-order valence-corrected chi connectivity index (χ0v) is 21.0. The van der Waals surface area contributed by atoms with Gasteiger partial charge in [-0.05, 0) is 50.5 Å². The van der Waals surface area contributed by atoms with Crippen LogP contribution in [-0.2, 0) is 7.05 Å². The second-order valence-electron chi connectivity index (χ2n) is 8.49. The van der Waals surface area contributed by atoms with E-state index in [1.807, 2.05) is 32.4 Å². The molecule has 0 unspecified atom stereocenters. The standard InChI is InChI=1S/C28H23FN6O2/c1-7-21-26(36-6)16(3)19(13-31-21)25-24(23-17(4)32-14-33-27(23)35(25)5)18-8-9-22(20(29)12-18)37-28-30-11-10-15(2)34-28/h1,8-14H,2-6H3. The van der Waals surface area contributed by atoms with Gasteiger partial charge >= 0.3 is 6.01 Å². The van der Waals surface area contributed by atoms with E-state index in [9.17, 15) is 0 Å². The first kappa shape index (κ1) is 23.9. The van der Waals surface area contributed by atoms with Crippen LogP contribution >= 0.6 is 0 Å². The fourth-order valence-corrected chi connectivity index (χ4v) is 4.48. The summed E-state index contributed by atoms with van der Waals surface area (Å²) in [6, 6.07) is 6.58. The summed E-state index contributed by atoms with van der Waals surface area (Å²) >= 11 is 0. The second-order valence-corrected chi connectivity index (χ2v) is 8.49. The molecule has 0 saturated carbocycles. The van der Waals surface area contributed by atoms with Gasteiger partial charge in [-0.3, -0.25) is 0 Å². The molecule has 0 aliphatic rings. The van der Waals surface area contributed by atoms with Crippen LogP contribution in [0.5, 0.6) is 17.5 Å². The number of fused-ring (bicyclic) bond motifs is 1. The summed E-state index contributed by atoms with van der Waals surface area (Å²) in [6.45, 7) is 5.62. The van der Waals surface area contributed by atoms with Crippen LogP contribution in [0.1, 0.15) is 22.6 Å². The highest BCUT2D eigenvalue weighted by Gasteiger charge is 2.25. The van der Waals surface area contributed by atoms with Crippen molar-refractivity contribution in [2.24, 2.45) is 7.05 Å². The predicted octanol–water partition coefficient (Wildman–Crippen LogP) is 5.33. The van der Waals surface area contributed by atoms with Crippen molar-refractivity contribution in [3.63, 3.8) is 0 Å². The van der Waals surface area contributed by atoms with Gasteiger partial charge < -0.3 is 14.0 Å². The van der Waals surface area contributed by atoms with Crippen molar-refractivity contribution in [2.45, 2.75) is 20.8 Å². The molecule has 8 nitrogen and oxygen atoms in total. The van der Waals surface area contributed by atoms with Crippen LogP contribution in [0.2, 0.25) is 0 Å². The normalized spacial score (nSPS) is 10.9. The van der Waals surface area contributed by atoms with Gasteiger partial charge in [-0.1, -0.05) is 6.07 Å². The van der Waals surface area contributed by atoms with Crippen LogP contribution in [0.3, 0.4) is 0 Å². The largest absolute Gasteiger partial charge is 0.493 e. The number of rotatable bonds is 5. The van der Waals surface area contributed by atoms with Crippen molar-refractivity contribution in [2.75, 3.05) is 7.11 Å². The molecule has 9 heteroatoms. The number of hydrogen-bond acceptors (Lipinski definition) is 7. The lowest BCUT2D eigenvalue weighted by Crippen LogP contribution is -2.01. The number of hydrogen-bond donors (Lipinski definition) is 0. The fraction of sp³-hybridized carbons (Fsp3) is 0.179. The first-order valence-corrected chi connectivity index (χ1v) is 11.4. The van der Waals surface area contributed by atoms with Gasteiger partial charge in [0, 0.05) is 47.2 Å². The van der Waals surface area contributed by atoms with Crippen LogP contribution in [-0.4, -0.2) is 36.6 Å². The average Bonchev–Trinajstić information content (AvgIpc) is 3.18. The van der Waals surface area contributed by atoms with Crippen molar-refractivity contribution in [3.8, 4) is 52.2 Å². The van der Waals surface area contributed by atoms with Gasteiger partial charge in [-0.25, -0.2) is 29.3 Å². The molecule has 5 aromatic rings. The van der Waals surface area contributed by atoms with Crippen LogP contribution in [0, 0.1) is 38.9 Å². The van der Waals surface area contributed by atoms with E-state index in [0.29, 0.717) is 28.3 Å². The lowest BCUT2D eigenvalue weighted by molar-refractivity contribution is 0.408. The van der Waals surface area contributed by atoms with E-state index in [0.717, 1.165) is 33.5 Å². The molecule has 0 saturated heterocycles. The van der Waals surface area contributed by atoms with Crippen LogP contribution in [0.15, 0.2) is 43.0 Å². The van der Waals surface area contributed by atoms with Crippen molar-refractivity contribution >= 4 is 11.0 Å². The predicted molar refractivity (Wildman–Crippen MR) is 138 cm³/mol. The SMILES string of the molecule is C#Cc1ncc(-c2c(-c3ccc(Oc4nccc(C)n4)c(F)c3)c3c(C)ncnc3n2C)c(C)c1OC. The summed E-state index contributed by atoms with van der Waals surface area (Å²) in [6.07, 6.45) is 10.4. The van der Waals surface area contributed by atoms with Gasteiger partial charge in [0.05, 0.1) is 18.5 Å². The molecule has 0 N–H and O–H groups in total. The monoisotopic (exact) mass is 494 g/mol. The van der Waals surface area contributed by atoms with Crippen LogP contribution in [0.4, 0.5) is 4.39 Å². The van der Waals surface area contributed by atoms with Crippen molar-refractivity contribution in [3.05, 3.63) is 71.4 Å². The quantitative estimate of drug-likeness (QED) is 0.305. The highest BCUT2D eigenvalue weighted by Crippen LogP contribution is 2.44. The molecule has 0 spiro atoms. The maximum Gasteiger partial charge on any atom is 0.322 e. The third-order valence-electron chi connectivity index (χ3n) is 6.23. The number of aromatic nitrogens is 6. The van der Waals surface area contributed by atoms with E-state index in [1.165, 1.54) is 12.4 Å². The molecular formula is C28H23FN6O2. The van der Waals surface area contributed by atoms with Crippen LogP contribution in [0.25, 0.3) is 33.4 Å². The van der Waals surface area contributed by atoms with Gasteiger partial charge in [0.2, 0.25) is 0 Å². The van der Waals surface area contributed by atoms with Gasteiger partial charge in [0.1, 0.15) is 12.0 Å². The minimum atomic E-state index is -0.560. The molecule has 0 aliphatic carbocycles. The number of pyridine rings is 1. The lowest BCUT2D eigenvalue weighted by Gasteiger charge is -2.15. The highest BCUT2D eigenvalue weighted by molar-refractivity contribution is 6.04. The Balaban J connectivity index is 1.74. The fourth-order valence-electron chi connectivity index (χ4n) is 4.48. The number of halogens is 1. The molecule has 184 valence electrons. The molecule has 0 amide bonds. The highest BCUT2D eigenvalue weighted by atomic mass is 19.1. The summed E-state index contributed by atoms with van der Waals surface area (Å²) in [7, 11) is 3.45. The first-order chi connectivity index (χ1) is 17.8. The van der Waals surface area contributed by atoms with Crippen LogP contribution < -0.4 is 9.47 Å². The zero-order chi connectivity index (χ0) is 26.3. The summed E-state index contributed by atoms with van der Waals surface area (Å²) in [5.74, 6) is 2.52.